The molecule has 0 atom stereocenters. The third-order valence-corrected chi connectivity index (χ3v) is 4.20. The van der Waals surface area contributed by atoms with Crippen LogP contribution in [0.25, 0.3) is 0 Å². The molecule has 1 N–H and O–H groups in total. The molecule has 0 unspecified atom stereocenters. The predicted octanol–water partition coefficient (Wildman–Crippen LogP) is 1.79. The van der Waals surface area contributed by atoms with Crippen molar-refractivity contribution in [1.29, 1.82) is 0 Å². The van der Waals surface area contributed by atoms with Crippen LogP contribution in [0.5, 0.6) is 0 Å². The van der Waals surface area contributed by atoms with Gasteiger partial charge >= 0.3 is 0 Å². The van der Waals surface area contributed by atoms with E-state index >= 15 is 0 Å². The number of benzene rings is 1. The number of aryl methyl sites for hydroxylation is 2. The molecule has 1 aromatic carbocycles. The van der Waals surface area contributed by atoms with Crippen molar-refractivity contribution in [2.45, 2.75) is 19.3 Å². The van der Waals surface area contributed by atoms with Crippen LogP contribution >= 0.6 is 0 Å². The van der Waals surface area contributed by atoms with E-state index in [2.05, 4.69) is 37.4 Å². The highest BCUT2D eigenvalue weighted by atomic mass is 16.5. The summed E-state index contributed by atoms with van der Waals surface area (Å²) in [6, 6.07) is 6.83. The van der Waals surface area contributed by atoms with Crippen LogP contribution in [0.3, 0.4) is 0 Å². The number of hydrogen-bond donors (Lipinski definition) is 1. The average molecular weight is 217 g/mol. The summed E-state index contributed by atoms with van der Waals surface area (Å²) in [5, 5.41) is 3.38. The summed E-state index contributed by atoms with van der Waals surface area (Å²) in [5.74, 6) is 0.766. The summed E-state index contributed by atoms with van der Waals surface area (Å²) in [6.45, 7) is 8.50. The van der Waals surface area contributed by atoms with Crippen molar-refractivity contribution in [2.24, 2.45) is 5.92 Å². The molecule has 2 fully saturated rings. The van der Waals surface area contributed by atoms with Crippen molar-refractivity contribution in [3.05, 3.63) is 34.9 Å². The molecule has 2 heterocycles. The molecule has 2 heteroatoms. The van der Waals surface area contributed by atoms with Crippen LogP contribution in [-0.2, 0) is 10.2 Å². The Morgan fingerprint density at radius 3 is 2.44 bits per heavy atom. The van der Waals surface area contributed by atoms with Crippen LogP contribution in [-0.4, -0.2) is 26.3 Å². The molecule has 86 valence electrons. The van der Waals surface area contributed by atoms with Gasteiger partial charge in [-0.3, -0.25) is 0 Å². The number of nitrogens with one attached hydrogen (secondary N) is 1. The molecular formula is C14H19NO. The fraction of sp³-hybridized carbons (Fsp3) is 0.571. The molecule has 0 saturated carbocycles. The second kappa shape index (κ2) is 3.57. The zero-order valence-corrected chi connectivity index (χ0v) is 10.0. The van der Waals surface area contributed by atoms with Crippen molar-refractivity contribution < 1.29 is 4.74 Å². The van der Waals surface area contributed by atoms with E-state index in [0.717, 1.165) is 32.2 Å². The maximum Gasteiger partial charge on any atom is 0.0589 e. The molecule has 2 saturated heterocycles. The zero-order valence-electron chi connectivity index (χ0n) is 10.0. The first-order chi connectivity index (χ1) is 7.72. The fourth-order valence-corrected chi connectivity index (χ4v) is 2.98. The van der Waals surface area contributed by atoms with Gasteiger partial charge in [-0.15, -0.1) is 0 Å². The van der Waals surface area contributed by atoms with Gasteiger partial charge in [0.25, 0.3) is 0 Å². The van der Waals surface area contributed by atoms with Crippen LogP contribution < -0.4 is 5.32 Å². The molecule has 0 amide bonds. The number of hydrogen-bond acceptors (Lipinski definition) is 2. The number of rotatable bonds is 2. The summed E-state index contributed by atoms with van der Waals surface area (Å²) in [5.41, 5.74) is 4.60. The van der Waals surface area contributed by atoms with Gasteiger partial charge in [0.05, 0.1) is 13.2 Å². The highest BCUT2D eigenvalue weighted by Crippen LogP contribution is 2.42. The minimum absolute atomic E-state index is 0.309. The molecule has 0 spiro atoms. The molecule has 0 aliphatic carbocycles. The monoisotopic (exact) mass is 217 g/mol. The molecule has 2 nitrogen and oxygen atoms in total. The lowest BCUT2D eigenvalue weighted by atomic mass is 9.65. The van der Waals surface area contributed by atoms with Gasteiger partial charge in [0.1, 0.15) is 0 Å². The maximum absolute atomic E-state index is 5.51. The van der Waals surface area contributed by atoms with Crippen molar-refractivity contribution in [3.63, 3.8) is 0 Å². The Labute approximate surface area is 97.0 Å². The Bertz CT molecular complexity index is 405. The van der Waals surface area contributed by atoms with E-state index in [4.69, 9.17) is 4.74 Å². The van der Waals surface area contributed by atoms with E-state index in [1.165, 1.54) is 16.7 Å². The first-order valence-corrected chi connectivity index (χ1v) is 6.08. The normalized spacial score (nSPS) is 23.6. The van der Waals surface area contributed by atoms with Crippen LogP contribution in [0.4, 0.5) is 0 Å². The standard InChI is InChI=1S/C14H19NO/c1-10-3-4-13(11(2)5-10)14(8-16-9-14)12-6-15-7-12/h3-5,12,15H,6-9H2,1-2H3. The van der Waals surface area contributed by atoms with Gasteiger partial charge in [-0.2, -0.15) is 0 Å². The predicted molar refractivity (Wildman–Crippen MR) is 64.8 cm³/mol. The quantitative estimate of drug-likeness (QED) is 0.815. The van der Waals surface area contributed by atoms with Crippen LogP contribution in [0, 0.1) is 19.8 Å². The molecule has 2 aliphatic rings. The Hall–Kier alpha value is -0.860. The zero-order chi connectivity index (χ0) is 11.2. The van der Waals surface area contributed by atoms with Crippen molar-refractivity contribution in [2.75, 3.05) is 26.3 Å². The van der Waals surface area contributed by atoms with Gasteiger partial charge in [-0.25, -0.2) is 0 Å². The topological polar surface area (TPSA) is 21.3 Å². The molecular weight excluding hydrogens is 198 g/mol. The van der Waals surface area contributed by atoms with Gasteiger partial charge in [0.15, 0.2) is 0 Å². The smallest absolute Gasteiger partial charge is 0.0589 e. The first-order valence-electron chi connectivity index (χ1n) is 6.08. The highest BCUT2D eigenvalue weighted by molar-refractivity contribution is 5.39. The second-order valence-corrected chi connectivity index (χ2v) is 5.32. The lowest BCUT2D eigenvalue weighted by Crippen LogP contribution is -2.62. The minimum atomic E-state index is 0.309. The van der Waals surface area contributed by atoms with Gasteiger partial charge in [-0.1, -0.05) is 23.8 Å². The third kappa shape index (κ3) is 1.33. The van der Waals surface area contributed by atoms with Gasteiger partial charge in [0.2, 0.25) is 0 Å². The Balaban J connectivity index is 1.99. The SMILES string of the molecule is Cc1ccc(C2(C3CNC3)COC2)c(C)c1. The van der Waals surface area contributed by atoms with Gasteiger partial charge in [0, 0.05) is 18.5 Å². The van der Waals surface area contributed by atoms with E-state index in [-0.39, 0.29) is 0 Å². The fourth-order valence-electron chi connectivity index (χ4n) is 2.98. The summed E-state index contributed by atoms with van der Waals surface area (Å²) in [4.78, 5) is 0. The van der Waals surface area contributed by atoms with Crippen molar-refractivity contribution in [1.82, 2.24) is 5.32 Å². The van der Waals surface area contributed by atoms with E-state index < -0.39 is 0 Å². The minimum Gasteiger partial charge on any atom is -0.379 e. The Morgan fingerprint density at radius 1 is 1.25 bits per heavy atom. The summed E-state index contributed by atoms with van der Waals surface area (Å²) < 4.78 is 5.51. The molecule has 2 aliphatic heterocycles. The van der Waals surface area contributed by atoms with Gasteiger partial charge in [-0.05, 0) is 30.9 Å². The van der Waals surface area contributed by atoms with Crippen LogP contribution in [0.2, 0.25) is 0 Å². The van der Waals surface area contributed by atoms with E-state index in [9.17, 15) is 0 Å². The maximum atomic E-state index is 5.51. The average Bonchev–Trinajstić information content (AvgIpc) is 2.09. The van der Waals surface area contributed by atoms with E-state index in [1.807, 2.05) is 0 Å². The lowest BCUT2D eigenvalue weighted by Gasteiger charge is -2.52. The first kappa shape index (κ1) is 10.3. The summed E-state index contributed by atoms with van der Waals surface area (Å²) in [6.07, 6.45) is 0. The molecule has 0 bridgehead atoms. The van der Waals surface area contributed by atoms with Crippen LogP contribution in [0.1, 0.15) is 16.7 Å². The van der Waals surface area contributed by atoms with Crippen LogP contribution in [0.15, 0.2) is 18.2 Å². The Kier molecular flexibility index (Phi) is 2.30. The highest BCUT2D eigenvalue weighted by Gasteiger charge is 2.49. The third-order valence-electron chi connectivity index (χ3n) is 4.20. The van der Waals surface area contributed by atoms with Crippen molar-refractivity contribution in [3.8, 4) is 0 Å². The summed E-state index contributed by atoms with van der Waals surface area (Å²) >= 11 is 0. The molecule has 1 aromatic rings. The molecule has 0 radical (unpaired) electrons. The Morgan fingerprint density at radius 2 is 2.00 bits per heavy atom. The van der Waals surface area contributed by atoms with E-state index in [1.54, 1.807) is 0 Å². The largest absolute Gasteiger partial charge is 0.379 e. The van der Waals surface area contributed by atoms with Crippen molar-refractivity contribution >= 4 is 0 Å². The second-order valence-electron chi connectivity index (χ2n) is 5.32. The number of ether oxygens (including phenoxy) is 1. The van der Waals surface area contributed by atoms with Gasteiger partial charge < -0.3 is 10.1 Å². The van der Waals surface area contributed by atoms with E-state index in [0.29, 0.717) is 5.41 Å². The summed E-state index contributed by atoms with van der Waals surface area (Å²) in [7, 11) is 0. The molecule has 0 aromatic heterocycles. The molecule has 16 heavy (non-hydrogen) atoms. The lowest BCUT2D eigenvalue weighted by molar-refractivity contribution is -0.101. The molecule has 3 rings (SSSR count).